The number of aromatic nitrogens is 8. The number of aromatic amines is 2. The van der Waals surface area contributed by atoms with Crippen molar-refractivity contribution >= 4 is 57.6 Å². The zero-order valence-electron chi connectivity index (χ0n) is 24.1. The van der Waals surface area contributed by atoms with Gasteiger partial charge in [0.2, 0.25) is 11.9 Å². The Morgan fingerprint density at radius 1 is 0.898 bits per heavy atom. The summed E-state index contributed by atoms with van der Waals surface area (Å²) in [5, 5.41) is 12.9. The van der Waals surface area contributed by atoms with Crippen LogP contribution in [0.4, 0.5) is 11.9 Å². The minimum atomic E-state index is -5.08. The molecule has 3 saturated heterocycles. The fourth-order valence-electron chi connectivity index (χ4n) is 5.52. The second-order valence-electron chi connectivity index (χ2n) is 10.8. The first-order valence-corrected chi connectivity index (χ1v) is 18.4. The summed E-state index contributed by atoms with van der Waals surface area (Å²) in [5.74, 6) is -0.886. The van der Waals surface area contributed by atoms with Crippen molar-refractivity contribution in [3.05, 3.63) is 33.4 Å². The van der Waals surface area contributed by atoms with Crippen molar-refractivity contribution in [2.24, 2.45) is 0 Å². The Labute approximate surface area is 269 Å². The smallest absolute Gasteiger partial charge is 0.386 e. The maximum absolute atomic E-state index is 13.1. The zero-order chi connectivity index (χ0) is 35.0. The minimum Gasteiger partial charge on any atom is -0.386 e. The van der Waals surface area contributed by atoms with E-state index < -0.39 is 96.6 Å². The number of H-pyrrole nitrogens is 2. The average molecular weight is 754 g/mol. The molecule has 0 aromatic carbocycles. The van der Waals surface area contributed by atoms with Crippen LogP contribution in [0.25, 0.3) is 22.3 Å². The van der Waals surface area contributed by atoms with Gasteiger partial charge in [0.15, 0.2) is 28.6 Å². The number of ether oxygens (including phenoxy) is 2. The molecule has 26 nitrogen and oxygen atoms in total. The highest BCUT2D eigenvalue weighted by Crippen LogP contribution is 2.53. The summed E-state index contributed by atoms with van der Waals surface area (Å²) < 4.78 is 72.4. The molecule has 2 unspecified atom stereocenters. The number of nitrogens with zero attached hydrogens (tertiary/aromatic N) is 6. The third kappa shape index (κ3) is 6.72. The van der Waals surface area contributed by atoms with E-state index in [1.54, 1.807) is 5.09 Å². The van der Waals surface area contributed by atoms with Crippen molar-refractivity contribution in [2.45, 2.75) is 49.4 Å². The van der Waals surface area contributed by atoms with Gasteiger partial charge < -0.3 is 39.9 Å². The molecule has 3 aliphatic rings. The third-order valence-corrected chi connectivity index (χ3v) is 10.0. The molecule has 0 spiro atoms. The predicted molar refractivity (Wildman–Crippen MR) is 156 cm³/mol. The Kier molecular flexibility index (Phi) is 8.40. The lowest BCUT2D eigenvalue weighted by atomic mass is 10.1. The number of nitrogens with one attached hydrogen (secondary N) is 3. The fraction of sp³-hybridized carbons (Fsp3) is 0.500. The standard InChI is InChI=1S/C20H25N10O16P3/c21-19-24-14-10(16(32)26-19)23-5-30(14)18-12(31)13-8(44-18)3-42-48(37,38)45-6-1-9(43-7(6)2-41-49(39,40)46-13)29-4-22-11-15(29)25-20(27-17(11)33)28-47(34,35)36/h4-9,12-13,18,31H,1-3H2,(H,37,38)(H,39,40)(H3,21,24,26,32)(H4,25,27,28,33,34,35,36)/t6-,7+,8-,9+,12-,13-,18-/m0/s1. The molecule has 49 heavy (non-hydrogen) atoms. The van der Waals surface area contributed by atoms with E-state index in [9.17, 15) is 48.0 Å². The summed E-state index contributed by atoms with van der Waals surface area (Å²) >= 11 is 0. The van der Waals surface area contributed by atoms with Crippen molar-refractivity contribution in [2.75, 3.05) is 24.0 Å². The van der Waals surface area contributed by atoms with E-state index in [1.165, 1.54) is 0 Å². The van der Waals surface area contributed by atoms with Crippen molar-refractivity contribution in [1.29, 1.82) is 0 Å². The summed E-state index contributed by atoms with van der Waals surface area (Å²) in [4.78, 5) is 84.6. The molecule has 0 aliphatic carbocycles. The highest BCUT2D eigenvalue weighted by Gasteiger charge is 2.52. The maximum atomic E-state index is 13.1. The van der Waals surface area contributed by atoms with Crippen LogP contribution in [-0.2, 0) is 41.3 Å². The molecule has 29 heteroatoms. The molecule has 0 saturated carbocycles. The van der Waals surface area contributed by atoms with Crippen LogP contribution in [0.15, 0.2) is 22.2 Å². The molecule has 0 bridgehead atoms. The van der Waals surface area contributed by atoms with Gasteiger partial charge >= 0.3 is 23.4 Å². The lowest BCUT2D eigenvalue weighted by Crippen LogP contribution is -2.37. The van der Waals surface area contributed by atoms with Gasteiger partial charge in [0.05, 0.1) is 25.9 Å². The third-order valence-electron chi connectivity index (χ3n) is 7.54. The second kappa shape index (κ2) is 12.1. The molecule has 3 aliphatic heterocycles. The van der Waals surface area contributed by atoms with Crippen LogP contribution >= 0.6 is 23.4 Å². The molecule has 7 heterocycles. The van der Waals surface area contributed by atoms with Crippen LogP contribution in [0.1, 0.15) is 18.9 Å². The number of imidazole rings is 2. The Morgan fingerprint density at radius 3 is 2.20 bits per heavy atom. The van der Waals surface area contributed by atoms with Crippen molar-refractivity contribution in [3.8, 4) is 0 Å². The number of anilines is 2. The summed E-state index contributed by atoms with van der Waals surface area (Å²) in [6.45, 7) is -1.64. The van der Waals surface area contributed by atoms with Crippen molar-refractivity contribution < 1.29 is 65.9 Å². The van der Waals surface area contributed by atoms with Crippen LogP contribution in [-0.4, -0.2) is 107 Å². The summed E-state index contributed by atoms with van der Waals surface area (Å²) in [5.41, 5.74) is 3.28. The Morgan fingerprint density at radius 2 is 1.51 bits per heavy atom. The quantitative estimate of drug-likeness (QED) is 0.101. The van der Waals surface area contributed by atoms with E-state index >= 15 is 0 Å². The molecular weight excluding hydrogens is 729 g/mol. The number of rotatable bonds is 4. The van der Waals surface area contributed by atoms with E-state index in [0.29, 0.717) is 0 Å². The van der Waals surface area contributed by atoms with Gasteiger partial charge in [-0.2, -0.15) is 9.97 Å². The lowest BCUT2D eigenvalue weighted by Gasteiger charge is -2.27. The van der Waals surface area contributed by atoms with Gasteiger partial charge in [-0.1, -0.05) is 0 Å². The first-order chi connectivity index (χ1) is 23.0. The SMILES string of the molecule is Nc1nc2c(ncn2[C@H]2O[C@H]3COP(=O)(O)O[C@H]4C[C@H](n5cnc6c(=O)[nH]c(NP(=O)(O)O)nc65)O[C@@H]4COP(=O)(O)O[C@@H]3[C@@H]2O)c(=O)[nH]1. The summed E-state index contributed by atoms with van der Waals surface area (Å²) in [7, 11) is -15.0. The monoisotopic (exact) mass is 754 g/mol. The first kappa shape index (κ1) is 34.0. The molecule has 266 valence electrons. The molecule has 10 N–H and O–H groups in total. The Balaban J connectivity index is 1.15. The number of aliphatic hydroxyl groups excluding tert-OH is 1. The van der Waals surface area contributed by atoms with Gasteiger partial charge in [-0.15, -0.1) is 0 Å². The number of nitrogen functional groups attached to an aromatic ring is 1. The Bertz CT molecular complexity index is 2200. The van der Waals surface area contributed by atoms with E-state index in [-0.39, 0.29) is 34.7 Å². The van der Waals surface area contributed by atoms with Gasteiger partial charge in [-0.05, 0) is 0 Å². The van der Waals surface area contributed by atoms with Crippen LogP contribution in [0.2, 0.25) is 0 Å². The highest BCUT2D eigenvalue weighted by molar-refractivity contribution is 7.53. The van der Waals surface area contributed by atoms with Crippen molar-refractivity contribution in [3.63, 3.8) is 0 Å². The van der Waals surface area contributed by atoms with E-state index in [4.69, 9.17) is 33.3 Å². The van der Waals surface area contributed by atoms with E-state index in [0.717, 1.165) is 21.8 Å². The minimum absolute atomic E-state index is 0.123. The molecule has 0 radical (unpaired) electrons. The molecule has 7 rings (SSSR count). The molecule has 4 aromatic rings. The predicted octanol–water partition coefficient (Wildman–Crippen LogP) is -2.10. The average Bonchev–Trinajstić information content (AvgIpc) is 3.75. The molecule has 3 fully saturated rings. The topological polar surface area (TPSA) is 373 Å². The number of hydrogen-bond donors (Lipinski definition) is 9. The van der Waals surface area contributed by atoms with E-state index in [2.05, 4.69) is 29.9 Å². The number of phosphoric acid groups is 2. The molecule has 0 amide bonds. The van der Waals surface area contributed by atoms with Crippen LogP contribution in [0.5, 0.6) is 0 Å². The van der Waals surface area contributed by atoms with Gasteiger partial charge in [0.1, 0.15) is 36.7 Å². The number of fused-ring (bicyclic) bond motifs is 4. The van der Waals surface area contributed by atoms with Crippen LogP contribution in [0, 0.1) is 0 Å². The number of nitrogens with two attached hydrogens (primary N) is 1. The van der Waals surface area contributed by atoms with E-state index in [1.807, 2.05) is 0 Å². The highest BCUT2D eigenvalue weighted by atomic mass is 31.2. The van der Waals surface area contributed by atoms with Crippen LogP contribution < -0.4 is 21.9 Å². The van der Waals surface area contributed by atoms with Gasteiger partial charge in [-0.3, -0.25) is 51.9 Å². The number of hydrogen-bond acceptors (Lipinski definition) is 17. The molecular formula is C20H25N10O16P3. The lowest BCUT2D eigenvalue weighted by molar-refractivity contribution is -0.0662. The molecule has 4 aromatic heterocycles. The van der Waals surface area contributed by atoms with Gasteiger partial charge in [-0.25, -0.2) is 23.7 Å². The first-order valence-electron chi connectivity index (χ1n) is 13.8. The largest absolute Gasteiger partial charge is 0.472 e. The van der Waals surface area contributed by atoms with Crippen LogP contribution in [0.3, 0.4) is 0 Å². The normalized spacial score (nSPS) is 34.3. The fourth-order valence-corrected chi connectivity index (χ4v) is 7.83. The number of aliphatic hydroxyl groups is 1. The van der Waals surface area contributed by atoms with Gasteiger partial charge in [0, 0.05) is 6.42 Å². The summed E-state index contributed by atoms with van der Waals surface area (Å²) in [6.07, 6.45) is -8.55. The second-order valence-corrected chi connectivity index (χ2v) is 15.0. The summed E-state index contributed by atoms with van der Waals surface area (Å²) in [6, 6.07) is 0. The Hall–Kier alpha value is -3.45. The van der Waals surface area contributed by atoms with Gasteiger partial charge in [0.25, 0.3) is 11.1 Å². The number of phosphoric ester groups is 2. The van der Waals surface area contributed by atoms with Crippen molar-refractivity contribution in [1.82, 2.24) is 39.0 Å². The molecule has 9 atom stereocenters. The zero-order valence-corrected chi connectivity index (χ0v) is 26.8. The maximum Gasteiger partial charge on any atom is 0.472 e.